The van der Waals surface area contributed by atoms with Gasteiger partial charge in [0.05, 0.1) is 0 Å². The molecule has 2 aromatic carbocycles. The molecular weight excluding hydrogens is 412 g/mol. The lowest BCUT2D eigenvalue weighted by Gasteiger charge is -2.26. The largest absolute Gasteiger partial charge is 0.508 e. The molecule has 3 saturated carbocycles. The van der Waals surface area contributed by atoms with Crippen LogP contribution < -0.4 is 0 Å². The van der Waals surface area contributed by atoms with E-state index in [2.05, 4.69) is 13.8 Å². The second kappa shape index (κ2) is 13.0. The van der Waals surface area contributed by atoms with Gasteiger partial charge in [-0.1, -0.05) is 44.5 Å². The number of phenols is 2. The lowest BCUT2D eigenvalue weighted by Crippen LogP contribution is -2.18. The van der Waals surface area contributed by atoms with Crippen molar-refractivity contribution in [3.8, 4) is 11.5 Å². The van der Waals surface area contributed by atoms with Crippen LogP contribution in [0.25, 0.3) is 0 Å². The third-order valence-electron chi connectivity index (χ3n) is 7.53. The maximum absolute atomic E-state index is 9.30. The van der Waals surface area contributed by atoms with Crippen molar-refractivity contribution in [1.82, 2.24) is 0 Å². The topological polar surface area (TPSA) is 80.9 Å². The lowest BCUT2D eigenvalue weighted by molar-refractivity contribution is 0.259. The Balaban J connectivity index is 0.000000202. The minimum atomic E-state index is -0.151. The highest BCUT2D eigenvalue weighted by Crippen LogP contribution is 2.58. The number of phenolic OH excluding ortho intramolecular Hbond substituents is 2. The quantitative estimate of drug-likeness (QED) is 0.430. The zero-order chi connectivity index (χ0) is 24.4. The molecule has 0 amide bonds. The van der Waals surface area contributed by atoms with Crippen LogP contribution in [0.3, 0.4) is 0 Å². The summed E-state index contributed by atoms with van der Waals surface area (Å²) in [5.74, 6) is 5.35. The second-order valence-corrected chi connectivity index (χ2v) is 9.94. The van der Waals surface area contributed by atoms with Gasteiger partial charge in [0, 0.05) is 18.6 Å². The Morgan fingerprint density at radius 1 is 0.667 bits per heavy atom. The average molecular weight is 457 g/mol. The molecule has 2 bridgehead atoms. The van der Waals surface area contributed by atoms with Crippen molar-refractivity contribution in [2.75, 3.05) is 13.2 Å². The molecule has 3 aliphatic rings. The zero-order valence-corrected chi connectivity index (χ0v) is 20.9. The molecule has 4 heteroatoms. The average Bonchev–Trinajstić information content (AvgIpc) is 3.52. The van der Waals surface area contributed by atoms with Gasteiger partial charge in [-0.25, -0.2) is 0 Å². The number of rotatable bonds is 2. The number of hydrogen-bond donors (Lipinski definition) is 4. The summed E-state index contributed by atoms with van der Waals surface area (Å²) < 4.78 is 0. The molecule has 4 atom stereocenters. The fourth-order valence-electron chi connectivity index (χ4n) is 5.94. The van der Waals surface area contributed by atoms with Crippen molar-refractivity contribution < 1.29 is 20.4 Å². The van der Waals surface area contributed by atoms with E-state index in [0.29, 0.717) is 0 Å². The van der Waals surface area contributed by atoms with Crippen LogP contribution in [0.1, 0.15) is 77.3 Å². The van der Waals surface area contributed by atoms with Crippen molar-refractivity contribution in [2.24, 2.45) is 23.7 Å². The van der Waals surface area contributed by atoms with Crippen molar-refractivity contribution in [3.63, 3.8) is 0 Å². The van der Waals surface area contributed by atoms with Crippen LogP contribution in [0.5, 0.6) is 11.5 Å². The summed E-state index contributed by atoms with van der Waals surface area (Å²) in [5, 5.41) is 33.7. The van der Waals surface area contributed by atoms with Crippen LogP contribution in [0.15, 0.2) is 48.5 Å². The van der Waals surface area contributed by atoms with Gasteiger partial charge in [-0.3, -0.25) is 0 Å². The minimum Gasteiger partial charge on any atom is -0.508 e. The maximum Gasteiger partial charge on any atom is 0.115 e. The number of benzene rings is 2. The molecule has 0 aliphatic heterocycles. The predicted octanol–water partition coefficient (Wildman–Crippen LogP) is 6.25. The fourth-order valence-corrected chi connectivity index (χ4v) is 5.94. The highest BCUT2D eigenvalue weighted by Gasteiger charge is 2.48. The molecule has 0 spiro atoms. The Labute approximate surface area is 200 Å². The van der Waals surface area contributed by atoms with Crippen molar-refractivity contribution >= 4 is 0 Å². The van der Waals surface area contributed by atoms with E-state index in [1.807, 2.05) is 24.3 Å². The van der Waals surface area contributed by atoms with Gasteiger partial charge in [-0.05, 0) is 105 Å². The van der Waals surface area contributed by atoms with Gasteiger partial charge in [-0.15, -0.1) is 0 Å². The van der Waals surface area contributed by atoms with Gasteiger partial charge in [0.2, 0.25) is 0 Å². The summed E-state index contributed by atoms with van der Waals surface area (Å²) in [4.78, 5) is 0. The third-order valence-corrected chi connectivity index (χ3v) is 7.53. The van der Waals surface area contributed by atoms with Crippen LogP contribution in [-0.4, -0.2) is 33.6 Å². The van der Waals surface area contributed by atoms with Crippen LogP contribution in [0.2, 0.25) is 0 Å². The van der Waals surface area contributed by atoms with Crippen molar-refractivity contribution in [2.45, 2.75) is 71.6 Å². The molecule has 3 aliphatic carbocycles. The van der Waals surface area contributed by atoms with Gasteiger partial charge in [0.25, 0.3) is 0 Å². The lowest BCUT2D eigenvalue weighted by atomic mass is 9.78. The Morgan fingerprint density at radius 3 is 1.33 bits per heavy atom. The van der Waals surface area contributed by atoms with E-state index in [-0.39, 0.29) is 30.1 Å². The van der Waals surface area contributed by atoms with Gasteiger partial charge in [-0.2, -0.15) is 0 Å². The normalized spacial score (nSPS) is 24.4. The fraction of sp³-hybridized carbons (Fsp3) is 0.586. The predicted molar refractivity (Wildman–Crippen MR) is 136 cm³/mol. The first-order valence-corrected chi connectivity index (χ1v) is 12.6. The van der Waals surface area contributed by atoms with E-state index in [1.54, 1.807) is 76.6 Å². The molecule has 3 fully saturated rings. The van der Waals surface area contributed by atoms with Gasteiger partial charge >= 0.3 is 0 Å². The third kappa shape index (κ3) is 7.22. The highest BCUT2D eigenvalue weighted by molar-refractivity contribution is 5.41. The second-order valence-electron chi connectivity index (χ2n) is 9.94. The summed E-state index contributed by atoms with van der Waals surface area (Å²) >= 11 is 0. The Kier molecular flexibility index (Phi) is 10.7. The van der Waals surface area contributed by atoms with E-state index < -0.39 is 0 Å². The molecule has 0 heterocycles. The number of aliphatic hydroxyl groups is 2. The molecule has 4 unspecified atom stereocenters. The monoisotopic (exact) mass is 456 g/mol. The Morgan fingerprint density at radius 2 is 1.00 bits per heavy atom. The summed E-state index contributed by atoms with van der Waals surface area (Å²) in [7, 11) is 0. The van der Waals surface area contributed by atoms with Crippen LogP contribution in [0, 0.1) is 23.7 Å². The van der Waals surface area contributed by atoms with E-state index in [4.69, 9.17) is 10.2 Å². The molecule has 184 valence electrons. The smallest absolute Gasteiger partial charge is 0.115 e. The van der Waals surface area contributed by atoms with E-state index >= 15 is 0 Å². The SMILES string of the molecule is C1CC2C3CCC(C3)C2C1.CC(C)(c1ccc(O)cc1)c1ccc(O)cc1.CCO.CCO. The molecule has 5 rings (SSSR count). The highest BCUT2D eigenvalue weighted by atomic mass is 16.3. The van der Waals surface area contributed by atoms with E-state index in [0.717, 1.165) is 11.1 Å². The Bertz CT molecular complexity index is 732. The molecule has 0 radical (unpaired) electrons. The summed E-state index contributed by atoms with van der Waals surface area (Å²) in [6, 6.07) is 14.4. The van der Waals surface area contributed by atoms with Crippen LogP contribution in [-0.2, 0) is 5.41 Å². The van der Waals surface area contributed by atoms with E-state index in [1.165, 1.54) is 23.7 Å². The van der Waals surface area contributed by atoms with Gasteiger partial charge in [0.1, 0.15) is 11.5 Å². The number of aliphatic hydroxyl groups excluding tert-OH is 2. The molecule has 33 heavy (non-hydrogen) atoms. The number of fused-ring (bicyclic) bond motifs is 5. The molecule has 2 aromatic rings. The molecular formula is C29H44O4. The van der Waals surface area contributed by atoms with Crippen molar-refractivity contribution in [3.05, 3.63) is 59.7 Å². The summed E-state index contributed by atoms with van der Waals surface area (Å²) in [6.07, 6.45) is 9.53. The maximum atomic E-state index is 9.30. The zero-order valence-electron chi connectivity index (χ0n) is 20.9. The van der Waals surface area contributed by atoms with E-state index in [9.17, 15) is 10.2 Å². The Hall–Kier alpha value is -2.04. The summed E-state index contributed by atoms with van der Waals surface area (Å²) in [5.41, 5.74) is 2.10. The van der Waals surface area contributed by atoms with Crippen molar-refractivity contribution in [1.29, 1.82) is 0 Å². The first-order chi connectivity index (χ1) is 15.8. The first kappa shape index (κ1) is 27.2. The van der Waals surface area contributed by atoms with Gasteiger partial charge in [0.15, 0.2) is 0 Å². The van der Waals surface area contributed by atoms with Crippen LogP contribution >= 0.6 is 0 Å². The van der Waals surface area contributed by atoms with Crippen LogP contribution in [0.4, 0.5) is 0 Å². The number of hydrogen-bond acceptors (Lipinski definition) is 4. The molecule has 4 N–H and O–H groups in total. The molecule has 0 saturated heterocycles. The molecule has 4 nitrogen and oxygen atoms in total. The number of aromatic hydroxyl groups is 2. The molecule has 0 aromatic heterocycles. The minimum absolute atomic E-state index is 0.151. The first-order valence-electron chi connectivity index (χ1n) is 12.6. The standard InChI is InChI=1S/C15H16O2.C10H16.2C2H6O/c1-15(2,11-3-7-13(16)8-4-11)12-5-9-14(17)10-6-12;1-2-9-7-4-5-8(6-7)10(9)3-1;2*1-2-3/h3-10,16-17H,1-2H3;7-10H,1-6H2;2*3H,2H2,1H3. The summed E-state index contributed by atoms with van der Waals surface area (Å²) in [6.45, 7) is 8.09. The van der Waals surface area contributed by atoms with Gasteiger partial charge < -0.3 is 20.4 Å².